The molecule has 0 spiro atoms. The zero-order valence-electron chi connectivity index (χ0n) is 12.9. The van der Waals surface area contributed by atoms with Crippen molar-refractivity contribution in [2.24, 2.45) is 17.8 Å². The van der Waals surface area contributed by atoms with Crippen molar-refractivity contribution in [3.05, 3.63) is 23.2 Å². The van der Waals surface area contributed by atoms with Crippen molar-refractivity contribution in [2.45, 2.75) is 34.2 Å². The molecule has 0 saturated heterocycles. The monoisotopic (exact) mass is 307 g/mol. The van der Waals surface area contributed by atoms with E-state index in [2.05, 4.69) is 43.2 Å². The minimum absolute atomic E-state index is 0.493. The minimum Gasteiger partial charge on any atom is -0.397 e. The minimum atomic E-state index is 0.493. The van der Waals surface area contributed by atoms with Crippen molar-refractivity contribution in [1.29, 1.82) is 0 Å². The largest absolute Gasteiger partial charge is 0.397 e. The number of hydrogen-bond acceptors (Lipinski definition) is 4. The first-order valence-corrected chi connectivity index (χ1v) is 7.60. The third-order valence-corrected chi connectivity index (χ3v) is 4.25. The number of nitrogens with zero attached hydrogens (tertiary/aromatic N) is 4. The zero-order chi connectivity index (χ0) is 15.6. The number of nitrogens with two attached hydrogens (primary N) is 1. The third-order valence-electron chi connectivity index (χ3n) is 3.92. The molecule has 2 aromatic rings. The molecule has 5 nitrogen and oxygen atoms in total. The Morgan fingerprint density at radius 3 is 2.48 bits per heavy atom. The summed E-state index contributed by atoms with van der Waals surface area (Å²) in [6.07, 6.45) is 0. The molecular weight excluding hydrogens is 286 g/mol. The molecule has 0 fully saturated rings. The first-order valence-electron chi connectivity index (χ1n) is 7.22. The number of hydrogen-bond donors (Lipinski definition) is 1. The summed E-state index contributed by atoms with van der Waals surface area (Å²) in [5.41, 5.74) is 7.34. The predicted molar refractivity (Wildman–Crippen MR) is 85.8 cm³/mol. The molecule has 2 N–H and O–H groups in total. The van der Waals surface area contributed by atoms with Crippen LogP contribution in [0.1, 0.15) is 27.7 Å². The normalized spacial score (nSPS) is 11.8. The highest BCUT2D eigenvalue weighted by Crippen LogP contribution is 2.31. The maximum atomic E-state index is 6.09. The van der Waals surface area contributed by atoms with Crippen LogP contribution in [0.2, 0.25) is 5.02 Å². The smallest absolute Gasteiger partial charge is 0.184 e. The summed E-state index contributed by atoms with van der Waals surface area (Å²) in [6.45, 7) is 9.67. The Kier molecular flexibility index (Phi) is 4.83. The summed E-state index contributed by atoms with van der Waals surface area (Å²) in [4.78, 5) is 0. The number of para-hydroxylation sites is 1. The van der Waals surface area contributed by atoms with Crippen molar-refractivity contribution in [1.82, 2.24) is 20.2 Å². The van der Waals surface area contributed by atoms with E-state index in [1.807, 2.05) is 16.8 Å². The van der Waals surface area contributed by atoms with Crippen LogP contribution in [0.5, 0.6) is 0 Å². The molecule has 0 aliphatic heterocycles. The number of tetrazole rings is 1. The van der Waals surface area contributed by atoms with Gasteiger partial charge in [-0.1, -0.05) is 45.4 Å². The van der Waals surface area contributed by atoms with E-state index in [1.165, 1.54) is 0 Å². The van der Waals surface area contributed by atoms with Gasteiger partial charge in [0.25, 0.3) is 0 Å². The molecule has 0 saturated carbocycles. The van der Waals surface area contributed by atoms with Crippen LogP contribution < -0.4 is 5.73 Å². The van der Waals surface area contributed by atoms with Gasteiger partial charge >= 0.3 is 0 Å². The quantitative estimate of drug-likeness (QED) is 0.858. The summed E-state index contributed by atoms with van der Waals surface area (Å²) in [6, 6.07) is 5.51. The summed E-state index contributed by atoms with van der Waals surface area (Å²) in [7, 11) is 0. The predicted octanol–water partition coefficient (Wildman–Crippen LogP) is 3.50. The molecule has 0 radical (unpaired) electrons. The van der Waals surface area contributed by atoms with E-state index < -0.39 is 0 Å². The molecule has 0 aliphatic rings. The van der Waals surface area contributed by atoms with Gasteiger partial charge in [0, 0.05) is 12.1 Å². The van der Waals surface area contributed by atoms with Gasteiger partial charge in [-0.25, -0.2) is 4.68 Å². The average Bonchev–Trinajstić information content (AvgIpc) is 2.86. The molecule has 0 aliphatic carbocycles. The van der Waals surface area contributed by atoms with Crippen molar-refractivity contribution >= 4 is 17.3 Å². The molecule has 0 atom stereocenters. The summed E-state index contributed by atoms with van der Waals surface area (Å²) >= 11 is 6.09. The molecule has 1 aromatic carbocycles. The molecule has 0 unspecified atom stereocenters. The maximum Gasteiger partial charge on any atom is 0.184 e. The number of benzene rings is 1. The van der Waals surface area contributed by atoms with Gasteiger partial charge in [0.15, 0.2) is 5.82 Å². The van der Waals surface area contributed by atoms with Gasteiger partial charge in [-0.15, -0.1) is 5.10 Å². The van der Waals surface area contributed by atoms with E-state index in [-0.39, 0.29) is 0 Å². The molecule has 21 heavy (non-hydrogen) atoms. The Bertz CT molecular complexity index is 598. The van der Waals surface area contributed by atoms with E-state index in [0.29, 0.717) is 34.3 Å². The lowest BCUT2D eigenvalue weighted by molar-refractivity contribution is 0.242. The highest BCUT2D eigenvalue weighted by molar-refractivity contribution is 6.33. The fourth-order valence-corrected chi connectivity index (χ4v) is 2.82. The summed E-state index contributed by atoms with van der Waals surface area (Å²) in [5, 5.41) is 12.6. The molecule has 0 amide bonds. The van der Waals surface area contributed by atoms with Gasteiger partial charge in [0.1, 0.15) is 0 Å². The highest BCUT2D eigenvalue weighted by atomic mass is 35.5. The lowest BCUT2D eigenvalue weighted by Crippen LogP contribution is -2.23. The van der Waals surface area contributed by atoms with Crippen molar-refractivity contribution in [3.63, 3.8) is 0 Å². The Morgan fingerprint density at radius 1 is 1.19 bits per heavy atom. The number of halogens is 1. The number of nitrogen functional groups attached to an aromatic ring is 1. The molecule has 0 bridgehead atoms. The molecule has 1 aromatic heterocycles. The van der Waals surface area contributed by atoms with Gasteiger partial charge < -0.3 is 5.73 Å². The number of rotatable bonds is 5. The van der Waals surface area contributed by atoms with Crippen molar-refractivity contribution in [3.8, 4) is 11.4 Å². The molecular formula is C15H22ClN5. The zero-order valence-corrected chi connectivity index (χ0v) is 13.7. The highest BCUT2D eigenvalue weighted by Gasteiger charge is 2.22. The second-order valence-corrected chi connectivity index (χ2v) is 6.44. The first kappa shape index (κ1) is 15.8. The third kappa shape index (κ3) is 3.35. The number of anilines is 1. The van der Waals surface area contributed by atoms with Gasteiger partial charge in [0.2, 0.25) is 0 Å². The van der Waals surface area contributed by atoms with Crippen LogP contribution in [0.3, 0.4) is 0 Å². The number of aromatic nitrogens is 4. The Morgan fingerprint density at radius 2 is 1.86 bits per heavy atom. The van der Waals surface area contributed by atoms with E-state index in [9.17, 15) is 0 Å². The first-order chi connectivity index (χ1) is 9.91. The van der Waals surface area contributed by atoms with Crippen LogP contribution >= 0.6 is 11.6 Å². The second-order valence-electron chi connectivity index (χ2n) is 6.04. The molecule has 6 heteroatoms. The fourth-order valence-electron chi connectivity index (χ4n) is 2.64. The van der Waals surface area contributed by atoms with Gasteiger partial charge in [0.05, 0.1) is 10.7 Å². The molecule has 2 rings (SSSR count). The summed E-state index contributed by atoms with van der Waals surface area (Å²) in [5.74, 6) is 2.27. The van der Waals surface area contributed by atoms with Gasteiger partial charge in [-0.3, -0.25) is 0 Å². The lowest BCUT2D eigenvalue weighted by atomic mass is 9.85. The maximum absolute atomic E-state index is 6.09. The van der Waals surface area contributed by atoms with Crippen LogP contribution in [0.25, 0.3) is 11.4 Å². The lowest BCUT2D eigenvalue weighted by Gasteiger charge is -2.24. The topological polar surface area (TPSA) is 69.6 Å². The van der Waals surface area contributed by atoms with Crippen LogP contribution in [-0.2, 0) is 6.54 Å². The Labute approximate surface area is 130 Å². The van der Waals surface area contributed by atoms with Crippen LogP contribution in [0, 0.1) is 17.8 Å². The standard InChI is InChI=1S/C15H22ClN5/c1-9(2)12(10(3)4)8-21-15(18-19-20-21)11-6-5-7-13(16)14(11)17/h5-7,9-10,12H,8,17H2,1-4H3. The second kappa shape index (κ2) is 6.43. The van der Waals surface area contributed by atoms with Crippen molar-refractivity contribution < 1.29 is 0 Å². The van der Waals surface area contributed by atoms with Gasteiger partial charge in [-0.2, -0.15) is 0 Å². The van der Waals surface area contributed by atoms with Crippen LogP contribution in [0.4, 0.5) is 5.69 Å². The van der Waals surface area contributed by atoms with Crippen LogP contribution in [0.15, 0.2) is 18.2 Å². The van der Waals surface area contributed by atoms with Gasteiger partial charge in [-0.05, 0) is 40.3 Å². The van der Waals surface area contributed by atoms with E-state index in [4.69, 9.17) is 17.3 Å². The Balaban J connectivity index is 2.37. The molecule has 114 valence electrons. The fraction of sp³-hybridized carbons (Fsp3) is 0.533. The van der Waals surface area contributed by atoms with Crippen LogP contribution in [-0.4, -0.2) is 20.2 Å². The Hall–Kier alpha value is -1.62. The van der Waals surface area contributed by atoms with E-state index in [0.717, 1.165) is 12.1 Å². The van der Waals surface area contributed by atoms with E-state index in [1.54, 1.807) is 6.07 Å². The SMILES string of the molecule is CC(C)C(Cn1nnnc1-c1cccc(Cl)c1N)C(C)C. The molecule has 1 heterocycles. The van der Waals surface area contributed by atoms with E-state index >= 15 is 0 Å². The average molecular weight is 308 g/mol. The van der Waals surface area contributed by atoms with Crippen molar-refractivity contribution in [2.75, 3.05) is 5.73 Å². The summed E-state index contributed by atoms with van der Waals surface area (Å²) < 4.78 is 1.83.